The molecule has 2 aromatic rings. The molecule has 2 rings (SSSR count). The first-order chi connectivity index (χ1) is 12.4. The lowest BCUT2D eigenvalue weighted by Crippen LogP contribution is -2.38. The van der Waals surface area contributed by atoms with Gasteiger partial charge in [0.25, 0.3) is 5.91 Å². The van der Waals surface area contributed by atoms with Gasteiger partial charge in [0, 0.05) is 5.56 Å². The van der Waals surface area contributed by atoms with Gasteiger partial charge in [-0.3, -0.25) is 4.79 Å². The van der Waals surface area contributed by atoms with Crippen LogP contribution in [0.2, 0.25) is 0 Å². The largest absolute Gasteiger partial charge is 0.497 e. The summed E-state index contributed by atoms with van der Waals surface area (Å²) < 4.78 is 16.5. The topological polar surface area (TPSA) is 56.8 Å². The fourth-order valence-corrected chi connectivity index (χ4v) is 2.68. The molecule has 0 unspecified atom stereocenters. The zero-order valence-electron chi connectivity index (χ0n) is 16.3. The second-order valence-corrected chi connectivity index (χ2v) is 6.30. The van der Waals surface area contributed by atoms with Crippen LogP contribution in [0.5, 0.6) is 17.2 Å². The Hall–Kier alpha value is -2.69. The predicted octanol–water partition coefficient (Wildman–Crippen LogP) is 3.97. The molecule has 0 aliphatic carbocycles. The molecule has 0 aliphatic heterocycles. The molecule has 0 heterocycles. The normalized spacial score (nSPS) is 12.8. The second-order valence-electron chi connectivity index (χ2n) is 6.30. The molecule has 0 aromatic heterocycles. The van der Waals surface area contributed by atoms with Crippen molar-refractivity contribution in [2.45, 2.75) is 39.8 Å². The summed E-state index contributed by atoms with van der Waals surface area (Å²) in [6.45, 7) is 7.65. The van der Waals surface area contributed by atoms with Crippen molar-refractivity contribution in [3.63, 3.8) is 0 Å². The van der Waals surface area contributed by atoms with Crippen LogP contribution in [0.1, 0.15) is 36.6 Å². The Labute approximate surface area is 155 Å². The minimum atomic E-state index is -0.616. The lowest BCUT2D eigenvalue weighted by Gasteiger charge is -2.21. The van der Waals surface area contributed by atoms with Crippen molar-refractivity contribution < 1.29 is 19.0 Å². The SMILES string of the molecule is COc1ccc(OC)c([C@H](C)NC(=O)[C@@H](C)Oc2cccc(C)c2C)c1. The van der Waals surface area contributed by atoms with Crippen LogP contribution in [-0.4, -0.2) is 26.2 Å². The van der Waals surface area contributed by atoms with E-state index in [0.29, 0.717) is 11.5 Å². The van der Waals surface area contributed by atoms with Crippen molar-refractivity contribution in [1.82, 2.24) is 5.32 Å². The Morgan fingerprint density at radius 3 is 2.38 bits per heavy atom. The highest BCUT2D eigenvalue weighted by molar-refractivity contribution is 5.81. The van der Waals surface area contributed by atoms with Gasteiger partial charge in [0.15, 0.2) is 6.10 Å². The summed E-state index contributed by atoms with van der Waals surface area (Å²) in [5.74, 6) is 1.94. The van der Waals surface area contributed by atoms with Crippen LogP contribution in [0, 0.1) is 13.8 Å². The van der Waals surface area contributed by atoms with Gasteiger partial charge >= 0.3 is 0 Å². The Morgan fingerprint density at radius 1 is 1.00 bits per heavy atom. The molecule has 0 fully saturated rings. The molecule has 0 aliphatic rings. The van der Waals surface area contributed by atoms with Crippen molar-refractivity contribution in [2.75, 3.05) is 14.2 Å². The quantitative estimate of drug-likeness (QED) is 0.815. The molecule has 0 bridgehead atoms. The Balaban J connectivity index is 2.10. The number of amides is 1. The maximum atomic E-state index is 12.6. The number of carbonyl (C=O) groups is 1. The summed E-state index contributed by atoms with van der Waals surface area (Å²) in [4.78, 5) is 12.6. The molecule has 2 aromatic carbocycles. The smallest absolute Gasteiger partial charge is 0.261 e. The third kappa shape index (κ3) is 4.48. The van der Waals surface area contributed by atoms with Gasteiger partial charge in [0.05, 0.1) is 20.3 Å². The summed E-state index contributed by atoms with van der Waals surface area (Å²) in [6, 6.07) is 11.1. The molecule has 26 heavy (non-hydrogen) atoms. The van der Waals surface area contributed by atoms with E-state index >= 15 is 0 Å². The predicted molar refractivity (Wildman–Crippen MR) is 102 cm³/mol. The van der Waals surface area contributed by atoms with Crippen LogP contribution in [0.15, 0.2) is 36.4 Å². The number of rotatable bonds is 7. The van der Waals surface area contributed by atoms with Gasteiger partial charge < -0.3 is 19.5 Å². The molecule has 140 valence electrons. The first kappa shape index (κ1) is 19.6. The van der Waals surface area contributed by atoms with Gasteiger partial charge in [0.1, 0.15) is 17.2 Å². The van der Waals surface area contributed by atoms with Crippen molar-refractivity contribution in [3.05, 3.63) is 53.1 Å². The number of nitrogens with one attached hydrogen (secondary N) is 1. The number of ether oxygens (including phenoxy) is 3. The van der Waals surface area contributed by atoms with Gasteiger partial charge in [-0.2, -0.15) is 0 Å². The zero-order valence-corrected chi connectivity index (χ0v) is 16.3. The first-order valence-corrected chi connectivity index (χ1v) is 8.62. The molecule has 5 heteroatoms. The maximum absolute atomic E-state index is 12.6. The zero-order chi connectivity index (χ0) is 19.3. The van der Waals surface area contributed by atoms with E-state index < -0.39 is 6.10 Å². The van der Waals surface area contributed by atoms with E-state index in [1.165, 1.54) is 0 Å². The monoisotopic (exact) mass is 357 g/mol. The van der Waals surface area contributed by atoms with Crippen molar-refractivity contribution in [1.29, 1.82) is 0 Å². The van der Waals surface area contributed by atoms with Crippen LogP contribution in [0.4, 0.5) is 0 Å². The third-order valence-electron chi connectivity index (χ3n) is 4.49. The van der Waals surface area contributed by atoms with E-state index in [1.54, 1.807) is 21.1 Å². The molecule has 5 nitrogen and oxygen atoms in total. The highest BCUT2D eigenvalue weighted by Crippen LogP contribution is 2.29. The van der Waals surface area contributed by atoms with Gasteiger partial charge in [-0.05, 0) is 63.1 Å². The molecular weight excluding hydrogens is 330 g/mol. The molecule has 2 atom stereocenters. The number of carbonyl (C=O) groups excluding carboxylic acids is 1. The highest BCUT2D eigenvalue weighted by atomic mass is 16.5. The molecule has 0 saturated heterocycles. The van der Waals surface area contributed by atoms with Gasteiger partial charge in [-0.15, -0.1) is 0 Å². The summed E-state index contributed by atoms with van der Waals surface area (Å²) in [5, 5.41) is 2.98. The lowest BCUT2D eigenvalue weighted by atomic mass is 10.1. The number of benzene rings is 2. The summed E-state index contributed by atoms with van der Waals surface area (Å²) in [6.07, 6.45) is -0.616. The Morgan fingerprint density at radius 2 is 1.73 bits per heavy atom. The number of methoxy groups -OCH3 is 2. The molecule has 1 amide bonds. The van der Waals surface area contributed by atoms with Gasteiger partial charge in [-0.25, -0.2) is 0 Å². The number of hydrogen-bond acceptors (Lipinski definition) is 4. The number of aryl methyl sites for hydroxylation is 1. The van der Waals surface area contributed by atoms with Crippen LogP contribution >= 0.6 is 0 Å². The van der Waals surface area contributed by atoms with Gasteiger partial charge in [-0.1, -0.05) is 12.1 Å². The van der Waals surface area contributed by atoms with E-state index in [0.717, 1.165) is 22.4 Å². The summed E-state index contributed by atoms with van der Waals surface area (Å²) in [5.41, 5.74) is 3.01. The standard InChI is InChI=1S/C21H27NO4/c1-13-8-7-9-19(14(13)2)26-16(4)21(23)22-15(3)18-12-17(24-5)10-11-20(18)25-6/h7-12,15-16H,1-6H3,(H,22,23)/t15-,16+/m0/s1. The van der Waals surface area contributed by atoms with Gasteiger partial charge in [0.2, 0.25) is 0 Å². The third-order valence-corrected chi connectivity index (χ3v) is 4.49. The fourth-order valence-electron chi connectivity index (χ4n) is 2.68. The van der Waals surface area contributed by atoms with E-state index in [4.69, 9.17) is 14.2 Å². The molecule has 1 N–H and O–H groups in total. The van der Waals surface area contributed by atoms with E-state index in [2.05, 4.69) is 5.32 Å². The minimum absolute atomic E-state index is 0.191. The Kier molecular flexibility index (Phi) is 6.50. The fraction of sp³-hybridized carbons (Fsp3) is 0.381. The lowest BCUT2D eigenvalue weighted by molar-refractivity contribution is -0.127. The molecule has 0 spiro atoms. The summed E-state index contributed by atoms with van der Waals surface area (Å²) in [7, 11) is 3.21. The van der Waals surface area contributed by atoms with E-state index in [9.17, 15) is 4.79 Å². The highest BCUT2D eigenvalue weighted by Gasteiger charge is 2.21. The minimum Gasteiger partial charge on any atom is -0.497 e. The van der Waals surface area contributed by atoms with Crippen molar-refractivity contribution in [2.24, 2.45) is 0 Å². The summed E-state index contributed by atoms with van der Waals surface area (Å²) >= 11 is 0. The maximum Gasteiger partial charge on any atom is 0.261 e. The molecule has 0 saturated carbocycles. The average Bonchev–Trinajstić information content (AvgIpc) is 2.64. The molecular formula is C21H27NO4. The van der Waals surface area contributed by atoms with E-state index in [-0.39, 0.29) is 11.9 Å². The number of hydrogen-bond donors (Lipinski definition) is 1. The van der Waals surface area contributed by atoms with Crippen LogP contribution in [0.25, 0.3) is 0 Å². The first-order valence-electron chi connectivity index (χ1n) is 8.62. The van der Waals surface area contributed by atoms with Crippen molar-refractivity contribution in [3.8, 4) is 17.2 Å². The van der Waals surface area contributed by atoms with Crippen LogP contribution < -0.4 is 19.5 Å². The Bertz CT molecular complexity index is 773. The molecule has 0 radical (unpaired) electrons. The van der Waals surface area contributed by atoms with E-state index in [1.807, 2.05) is 57.2 Å². The van der Waals surface area contributed by atoms with Crippen molar-refractivity contribution >= 4 is 5.91 Å². The van der Waals surface area contributed by atoms with Crippen LogP contribution in [-0.2, 0) is 4.79 Å². The average molecular weight is 357 g/mol. The second kappa shape index (κ2) is 8.61. The van der Waals surface area contributed by atoms with Crippen LogP contribution in [0.3, 0.4) is 0 Å².